The van der Waals surface area contributed by atoms with Crippen molar-refractivity contribution in [3.05, 3.63) is 59.2 Å². The first-order valence-electron chi connectivity index (χ1n) is 10.9. The van der Waals surface area contributed by atoms with Gasteiger partial charge in [0.25, 0.3) is 11.1 Å². The van der Waals surface area contributed by atoms with E-state index in [1.165, 1.54) is 6.07 Å². The van der Waals surface area contributed by atoms with Crippen molar-refractivity contribution in [1.82, 2.24) is 9.88 Å². The highest BCUT2D eigenvalue weighted by molar-refractivity contribution is 7.20. The Morgan fingerprint density at radius 3 is 2.41 bits per heavy atom. The van der Waals surface area contributed by atoms with Crippen molar-refractivity contribution in [3.8, 4) is 5.19 Å². The average molecular weight is 493 g/mol. The third-order valence-corrected chi connectivity index (χ3v) is 7.39. The minimum absolute atomic E-state index is 0.0925. The highest BCUT2D eigenvalue weighted by Gasteiger charge is 2.38. The molecule has 1 amide bonds. The zero-order valence-electron chi connectivity index (χ0n) is 18.4. The van der Waals surface area contributed by atoms with Gasteiger partial charge >= 0.3 is 6.18 Å². The molecule has 0 atom stereocenters. The van der Waals surface area contributed by atoms with Gasteiger partial charge in [0, 0.05) is 31.5 Å². The number of carbonyl (C=O) groups excluding carboxylic acids is 1. The highest BCUT2D eigenvalue weighted by Crippen LogP contribution is 2.37. The van der Waals surface area contributed by atoms with Crippen LogP contribution in [0.1, 0.15) is 41.3 Å². The summed E-state index contributed by atoms with van der Waals surface area (Å²) in [4.78, 5) is 19.0. The van der Waals surface area contributed by atoms with Gasteiger partial charge in [0.15, 0.2) is 0 Å². The molecule has 34 heavy (non-hydrogen) atoms. The third kappa shape index (κ3) is 4.37. The van der Waals surface area contributed by atoms with Gasteiger partial charge in [-0.2, -0.15) is 13.2 Å². The minimum atomic E-state index is -4.41. The third-order valence-electron chi connectivity index (χ3n) is 6.49. The van der Waals surface area contributed by atoms with Gasteiger partial charge in [-0.05, 0) is 42.8 Å². The lowest BCUT2D eigenvalue weighted by Gasteiger charge is -2.39. The first kappa shape index (κ1) is 23.1. The Labute approximate surface area is 197 Å². The molecule has 3 aromatic rings. The number of hydrogen-bond acceptors (Lipinski definition) is 6. The van der Waals surface area contributed by atoms with Crippen LogP contribution in [0.25, 0.3) is 10.2 Å². The number of thiazole rings is 1. The zero-order valence-corrected chi connectivity index (χ0v) is 19.2. The Balaban J connectivity index is 1.22. The summed E-state index contributed by atoms with van der Waals surface area (Å²) in [6.45, 7) is 3.40. The smallest absolute Gasteiger partial charge is 0.416 e. The Bertz CT molecular complexity index is 1210. The summed E-state index contributed by atoms with van der Waals surface area (Å²) in [5.41, 5.74) is -0.519. The lowest BCUT2D eigenvalue weighted by atomic mass is 9.91. The molecule has 1 N–H and O–H groups in total. The van der Waals surface area contributed by atoms with E-state index in [9.17, 15) is 23.1 Å². The number of amides is 1. The van der Waals surface area contributed by atoms with Gasteiger partial charge in [0.05, 0.1) is 29.0 Å². The Morgan fingerprint density at radius 2 is 1.82 bits per heavy atom. The Hall–Kier alpha value is -2.69. The van der Waals surface area contributed by atoms with Gasteiger partial charge in [-0.25, -0.2) is 4.98 Å². The van der Waals surface area contributed by atoms with Crippen LogP contribution in [0.5, 0.6) is 5.19 Å². The van der Waals surface area contributed by atoms with Crippen LogP contribution in [0, 0.1) is 0 Å². The number of halogens is 3. The number of aliphatic hydroxyl groups is 1. The molecule has 6 nitrogen and oxygen atoms in total. The number of fused-ring (bicyclic) bond motifs is 1. The van der Waals surface area contributed by atoms with Crippen LogP contribution in [-0.4, -0.2) is 52.8 Å². The van der Waals surface area contributed by atoms with Crippen LogP contribution in [0.2, 0.25) is 0 Å². The van der Waals surface area contributed by atoms with E-state index in [1.807, 2.05) is 6.92 Å². The molecule has 0 spiro atoms. The number of benzene rings is 2. The molecule has 2 aromatic carbocycles. The molecule has 2 aliphatic heterocycles. The first-order chi connectivity index (χ1) is 16.0. The second kappa shape index (κ2) is 8.21. The number of ether oxygens (including phenoxy) is 2. The van der Waals surface area contributed by atoms with Gasteiger partial charge in [-0.1, -0.05) is 23.5 Å². The van der Waals surface area contributed by atoms with Crippen molar-refractivity contribution in [2.75, 3.05) is 26.3 Å². The molecule has 1 aromatic heterocycles. The Morgan fingerprint density at radius 1 is 1.15 bits per heavy atom. The summed E-state index contributed by atoms with van der Waals surface area (Å²) in [5, 5.41) is 10.7. The van der Waals surface area contributed by atoms with E-state index in [0.717, 1.165) is 29.0 Å². The summed E-state index contributed by atoms with van der Waals surface area (Å²) in [6.07, 6.45) is -3.27. The van der Waals surface area contributed by atoms with Crippen molar-refractivity contribution < 1.29 is 32.5 Å². The SMILES string of the molecule is CC1(Oc2nc3ccc(C(F)(F)F)cc3s2)CCN(C(=O)c2ccc(C3(O)COC3)cc2)CC1. The van der Waals surface area contributed by atoms with Gasteiger partial charge in [0.2, 0.25) is 0 Å². The second-order valence-electron chi connectivity index (χ2n) is 9.11. The van der Waals surface area contributed by atoms with Crippen LogP contribution in [0.3, 0.4) is 0 Å². The average Bonchev–Trinajstić information content (AvgIpc) is 3.18. The summed E-state index contributed by atoms with van der Waals surface area (Å²) < 4.78 is 50.5. The molecule has 180 valence electrons. The summed E-state index contributed by atoms with van der Waals surface area (Å²) in [5.74, 6) is -0.0925. The van der Waals surface area contributed by atoms with E-state index < -0.39 is 22.9 Å². The maximum atomic E-state index is 13.0. The number of nitrogens with zero attached hydrogens (tertiary/aromatic N) is 2. The van der Waals surface area contributed by atoms with E-state index in [2.05, 4.69) is 4.98 Å². The number of piperidine rings is 1. The molecule has 0 bridgehead atoms. The maximum Gasteiger partial charge on any atom is 0.416 e. The molecule has 3 heterocycles. The van der Waals surface area contributed by atoms with E-state index >= 15 is 0 Å². The predicted octanol–water partition coefficient (Wildman–Crippen LogP) is 4.61. The van der Waals surface area contributed by atoms with Crippen molar-refractivity contribution in [2.24, 2.45) is 0 Å². The molecule has 2 saturated heterocycles. The summed E-state index contributed by atoms with van der Waals surface area (Å²) >= 11 is 1.09. The zero-order chi connectivity index (χ0) is 24.1. The molecule has 0 radical (unpaired) electrons. The number of rotatable bonds is 4. The molecule has 0 saturated carbocycles. The fraction of sp³-hybridized carbons (Fsp3) is 0.417. The molecule has 2 aliphatic rings. The van der Waals surface area contributed by atoms with Gasteiger partial charge in [-0.15, -0.1) is 0 Å². The van der Waals surface area contributed by atoms with Crippen molar-refractivity contribution >= 4 is 27.5 Å². The quantitative estimate of drug-likeness (QED) is 0.576. The first-order valence-corrected chi connectivity index (χ1v) is 11.7. The van der Waals surface area contributed by atoms with Gasteiger partial charge in [0.1, 0.15) is 11.2 Å². The van der Waals surface area contributed by atoms with Gasteiger partial charge in [-0.3, -0.25) is 4.79 Å². The number of likely N-dealkylation sites (tertiary alicyclic amines) is 1. The minimum Gasteiger partial charge on any atom is -0.464 e. The fourth-order valence-electron chi connectivity index (χ4n) is 4.19. The lowest BCUT2D eigenvalue weighted by molar-refractivity contribution is -0.184. The number of carbonyl (C=O) groups is 1. The van der Waals surface area contributed by atoms with E-state index in [-0.39, 0.29) is 19.1 Å². The van der Waals surface area contributed by atoms with Crippen LogP contribution in [-0.2, 0) is 16.5 Å². The molecular formula is C24H23F3N2O4S. The van der Waals surface area contributed by atoms with Crippen molar-refractivity contribution in [2.45, 2.75) is 37.1 Å². The largest absolute Gasteiger partial charge is 0.464 e. The molecule has 0 aliphatic carbocycles. The predicted molar refractivity (Wildman–Crippen MR) is 120 cm³/mol. The topological polar surface area (TPSA) is 71.9 Å². The van der Waals surface area contributed by atoms with Crippen LogP contribution < -0.4 is 4.74 Å². The lowest BCUT2D eigenvalue weighted by Crippen LogP contribution is -2.48. The van der Waals surface area contributed by atoms with E-state index in [1.54, 1.807) is 29.2 Å². The van der Waals surface area contributed by atoms with Crippen LogP contribution >= 0.6 is 11.3 Å². The molecule has 10 heteroatoms. The van der Waals surface area contributed by atoms with E-state index in [0.29, 0.717) is 46.9 Å². The maximum absolute atomic E-state index is 13.0. The summed E-state index contributed by atoms with van der Waals surface area (Å²) in [6, 6.07) is 10.4. The molecule has 5 rings (SSSR count). The Kier molecular flexibility index (Phi) is 5.57. The molecule has 0 unspecified atom stereocenters. The number of hydrogen-bond donors (Lipinski definition) is 1. The summed E-state index contributed by atoms with van der Waals surface area (Å²) in [7, 11) is 0. The molecule has 2 fully saturated rings. The van der Waals surface area contributed by atoms with Gasteiger partial charge < -0.3 is 19.5 Å². The monoisotopic (exact) mass is 492 g/mol. The van der Waals surface area contributed by atoms with Crippen LogP contribution in [0.4, 0.5) is 13.2 Å². The van der Waals surface area contributed by atoms with Crippen LogP contribution in [0.15, 0.2) is 42.5 Å². The van der Waals surface area contributed by atoms with E-state index in [4.69, 9.17) is 9.47 Å². The molecular weight excluding hydrogens is 469 g/mol. The number of alkyl halides is 3. The standard InChI is InChI=1S/C24H23F3N2O4S/c1-22(33-21-28-18-7-6-17(24(25,26)27)12-19(18)34-21)8-10-29(11-9-22)20(30)15-2-4-16(5-3-15)23(31)13-32-14-23/h2-7,12,31H,8-11,13-14H2,1H3. The number of aromatic nitrogens is 1. The fourth-order valence-corrected chi connectivity index (χ4v) is 5.17. The van der Waals surface area contributed by atoms with Crippen molar-refractivity contribution in [3.63, 3.8) is 0 Å². The normalized spacial score (nSPS) is 19.6. The highest BCUT2D eigenvalue weighted by atomic mass is 32.1. The second-order valence-corrected chi connectivity index (χ2v) is 10.1. The van der Waals surface area contributed by atoms with Crippen molar-refractivity contribution in [1.29, 1.82) is 0 Å².